The molecule has 5 aromatic rings. The van der Waals surface area contributed by atoms with Gasteiger partial charge in [-0.2, -0.15) is 0 Å². The Hall–Kier alpha value is -7.13. The van der Waals surface area contributed by atoms with Gasteiger partial charge in [-0.05, 0) is 53.9 Å². The Bertz CT molecular complexity index is 2390. The zero-order valence-electron chi connectivity index (χ0n) is 40.1. The van der Waals surface area contributed by atoms with Crippen LogP contribution >= 0.6 is 0 Å². The number of hydrogen-bond donors (Lipinski definition) is 6. The van der Waals surface area contributed by atoms with Crippen molar-refractivity contribution in [3.05, 3.63) is 162 Å². The smallest absolute Gasteiger partial charge is 0.253 e. The van der Waals surface area contributed by atoms with Crippen molar-refractivity contribution in [3.8, 4) is 0 Å². The average Bonchev–Trinajstić information content (AvgIpc) is 4.06. The van der Waals surface area contributed by atoms with Crippen LogP contribution in [0, 0.1) is 11.8 Å². The minimum atomic E-state index is -1.70. The van der Waals surface area contributed by atoms with Crippen molar-refractivity contribution in [1.29, 1.82) is 0 Å². The number of aromatic nitrogens is 2. The third-order valence-corrected chi connectivity index (χ3v) is 12.7. The Morgan fingerprint density at radius 1 is 0.725 bits per heavy atom. The predicted molar refractivity (Wildman–Crippen MR) is 263 cm³/mol. The molecule has 6 N–H and O–H groups in total. The number of aliphatic hydroxyl groups excluding tert-OH is 1. The summed E-state index contributed by atoms with van der Waals surface area (Å²) in [6, 6.07) is 35.6. The number of imidazole rings is 1. The van der Waals surface area contributed by atoms with Gasteiger partial charge in [0, 0.05) is 32.1 Å². The van der Waals surface area contributed by atoms with Crippen LogP contribution in [-0.4, -0.2) is 98.4 Å². The second kappa shape index (κ2) is 24.2. The quantitative estimate of drug-likeness (QED) is 0.0540. The Morgan fingerprint density at radius 3 is 1.84 bits per heavy atom. The van der Waals surface area contributed by atoms with Crippen LogP contribution in [0.25, 0.3) is 0 Å². The standard InChI is InChI=1S/C54H66N8O7/c1-6-37(4)48(52(68)55-32-39-20-11-7-12-21-39)60-51(67)45-28-19-29-62(45)53(69)46(63)33-56-49(65)38(5)58-50(66)44(59-47(64)30-36(2)3)31-43-34-61(35-57-43)54(40-22-13-8-14-23-40,41-24-15-9-16-25-41)42-26-17-10-18-27-42/h7-18,20-27,34-38,44-46,48,63H,6,19,28-33H2,1-5H3,(H,55,68)(H,56,65)(H,58,66)(H,59,64)(H,60,67)/t37-,38-,44-,45-,46?,48-/m0/s1. The van der Waals surface area contributed by atoms with Gasteiger partial charge in [0.25, 0.3) is 5.91 Å². The Labute approximate surface area is 404 Å². The third-order valence-electron chi connectivity index (χ3n) is 12.7. The number of nitrogens with zero attached hydrogens (tertiary/aromatic N) is 3. The highest BCUT2D eigenvalue weighted by Gasteiger charge is 2.40. The second-order valence-corrected chi connectivity index (χ2v) is 18.3. The molecule has 364 valence electrons. The van der Waals surface area contributed by atoms with Crippen LogP contribution in [0.1, 0.15) is 88.2 Å². The first kappa shape index (κ1) is 51.3. The van der Waals surface area contributed by atoms with E-state index >= 15 is 0 Å². The summed E-state index contributed by atoms with van der Waals surface area (Å²) in [4.78, 5) is 87.3. The summed E-state index contributed by atoms with van der Waals surface area (Å²) >= 11 is 0. The van der Waals surface area contributed by atoms with Gasteiger partial charge in [-0.25, -0.2) is 4.98 Å². The van der Waals surface area contributed by atoms with E-state index in [0.717, 1.165) is 22.3 Å². The fraction of sp³-hybridized carbons (Fsp3) is 0.389. The molecule has 1 unspecified atom stereocenters. The Morgan fingerprint density at radius 2 is 1.29 bits per heavy atom. The number of carbonyl (C=O) groups excluding carboxylic acids is 6. The van der Waals surface area contributed by atoms with E-state index in [1.54, 1.807) is 6.33 Å². The van der Waals surface area contributed by atoms with Crippen LogP contribution in [0.2, 0.25) is 0 Å². The van der Waals surface area contributed by atoms with Crippen molar-refractivity contribution in [2.24, 2.45) is 11.8 Å². The SMILES string of the molecule is CC[C@H](C)[C@H](NC(=O)[C@@H]1CCCN1C(=O)C(O)CNC(=O)[C@H](C)NC(=O)[C@H](Cc1cn(C(c2ccccc2)(c2ccccc2)c2ccccc2)cn1)NC(=O)CC(C)C)C(=O)NCc1ccccc1. The topological polar surface area (TPSA) is 204 Å². The number of benzene rings is 4. The molecule has 15 nitrogen and oxygen atoms in total. The van der Waals surface area contributed by atoms with Crippen molar-refractivity contribution in [2.45, 2.75) is 109 Å². The molecule has 1 aromatic heterocycles. The first-order chi connectivity index (χ1) is 33.2. The number of rotatable bonds is 22. The number of aliphatic hydroxyl groups is 1. The maximum absolute atomic E-state index is 14.0. The Kier molecular flexibility index (Phi) is 18.0. The lowest BCUT2D eigenvalue weighted by atomic mass is 9.77. The van der Waals surface area contributed by atoms with Crippen LogP contribution in [0.3, 0.4) is 0 Å². The summed E-state index contributed by atoms with van der Waals surface area (Å²) in [7, 11) is 0. The van der Waals surface area contributed by atoms with Crippen molar-refractivity contribution in [3.63, 3.8) is 0 Å². The van der Waals surface area contributed by atoms with E-state index in [1.807, 2.05) is 123 Å². The zero-order valence-corrected chi connectivity index (χ0v) is 40.1. The minimum Gasteiger partial charge on any atom is -0.381 e. The van der Waals surface area contributed by atoms with E-state index in [9.17, 15) is 33.9 Å². The molecule has 15 heteroatoms. The highest BCUT2D eigenvalue weighted by atomic mass is 16.3. The number of hydrogen-bond acceptors (Lipinski definition) is 8. The highest BCUT2D eigenvalue weighted by molar-refractivity contribution is 5.94. The highest BCUT2D eigenvalue weighted by Crippen LogP contribution is 2.41. The lowest BCUT2D eigenvalue weighted by molar-refractivity contribution is -0.146. The minimum absolute atomic E-state index is 0.000283. The van der Waals surface area contributed by atoms with Crippen LogP contribution < -0.4 is 26.6 Å². The first-order valence-electron chi connectivity index (χ1n) is 23.9. The van der Waals surface area contributed by atoms with E-state index in [4.69, 9.17) is 4.98 Å². The van der Waals surface area contributed by atoms with E-state index in [-0.39, 0.29) is 43.0 Å². The summed E-state index contributed by atoms with van der Waals surface area (Å²) in [5, 5.41) is 24.9. The van der Waals surface area contributed by atoms with Crippen molar-refractivity contribution >= 4 is 35.4 Å². The van der Waals surface area contributed by atoms with Gasteiger partial charge >= 0.3 is 0 Å². The van der Waals surface area contributed by atoms with Crippen LogP contribution in [0.4, 0.5) is 0 Å². The van der Waals surface area contributed by atoms with E-state index in [2.05, 4.69) is 63.0 Å². The number of nitrogens with one attached hydrogen (secondary N) is 5. The van der Waals surface area contributed by atoms with Crippen molar-refractivity contribution in [1.82, 2.24) is 41.0 Å². The average molecular weight is 939 g/mol. The second-order valence-electron chi connectivity index (χ2n) is 18.3. The molecule has 6 atom stereocenters. The fourth-order valence-electron chi connectivity index (χ4n) is 8.84. The molecule has 2 heterocycles. The van der Waals surface area contributed by atoms with E-state index < -0.39 is 66.0 Å². The van der Waals surface area contributed by atoms with Crippen LogP contribution in [0.15, 0.2) is 134 Å². The molecule has 1 saturated heterocycles. The molecule has 1 aliphatic heterocycles. The molecule has 69 heavy (non-hydrogen) atoms. The summed E-state index contributed by atoms with van der Waals surface area (Å²) in [6.07, 6.45) is 3.53. The molecule has 6 rings (SSSR count). The molecular formula is C54H66N8O7. The fourth-order valence-corrected chi connectivity index (χ4v) is 8.84. The molecule has 0 aliphatic carbocycles. The number of carbonyl (C=O) groups is 6. The Balaban J connectivity index is 1.11. The van der Waals surface area contributed by atoms with Gasteiger partial charge in [0.05, 0.1) is 18.6 Å². The molecule has 4 aromatic carbocycles. The van der Waals surface area contributed by atoms with Gasteiger partial charge in [0.1, 0.15) is 35.8 Å². The number of likely N-dealkylation sites (tertiary alicyclic amines) is 1. The summed E-state index contributed by atoms with van der Waals surface area (Å²) < 4.78 is 2.02. The molecule has 0 radical (unpaired) electrons. The molecule has 0 bridgehead atoms. The van der Waals surface area contributed by atoms with Crippen LogP contribution in [-0.2, 0) is 47.3 Å². The van der Waals surface area contributed by atoms with E-state index in [1.165, 1.54) is 11.8 Å². The molecule has 1 aliphatic rings. The molecule has 1 fully saturated rings. The summed E-state index contributed by atoms with van der Waals surface area (Å²) in [5.41, 5.74) is 3.51. The summed E-state index contributed by atoms with van der Waals surface area (Å²) in [6.45, 7) is 9.06. The monoisotopic (exact) mass is 939 g/mol. The lowest BCUT2D eigenvalue weighted by Gasteiger charge is -2.37. The normalized spacial score (nSPS) is 15.8. The van der Waals surface area contributed by atoms with Crippen LogP contribution in [0.5, 0.6) is 0 Å². The van der Waals surface area contributed by atoms with Gasteiger partial charge in [-0.1, -0.05) is 155 Å². The van der Waals surface area contributed by atoms with Gasteiger partial charge in [-0.15, -0.1) is 0 Å². The number of amides is 6. The van der Waals surface area contributed by atoms with Crippen molar-refractivity contribution < 1.29 is 33.9 Å². The van der Waals surface area contributed by atoms with Gasteiger partial charge in [-0.3, -0.25) is 28.8 Å². The van der Waals surface area contributed by atoms with E-state index in [0.29, 0.717) is 31.5 Å². The maximum atomic E-state index is 14.0. The van der Waals surface area contributed by atoms with Gasteiger partial charge in [0.15, 0.2) is 0 Å². The van der Waals surface area contributed by atoms with Gasteiger partial charge < -0.3 is 41.2 Å². The third kappa shape index (κ3) is 12.9. The molecule has 0 saturated carbocycles. The summed E-state index contributed by atoms with van der Waals surface area (Å²) in [5.74, 6) is -3.43. The predicted octanol–water partition coefficient (Wildman–Crippen LogP) is 4.62. The first-order valence-corrected chi connectivity index (χ1v) is 23.9. The lowest BCUT2D eigenvalue weighted by Crippen LogP contribution is -2.57. The zero-order chi connectivity index (χ0) is 49.5. The van der Waals surface area contributed by atoms with Gasteiger partial charge in [0.2, 0.25) is 29.5 Å². The maximum Gasteiger partial charge on any atom is 0.253 e. The molecule has 0 spiro atoms. The largest absolute Gasteiger partial charge is 0.381 e. The molecular weight excluding hydrogens is 873 g/mol. The molecule has 6 amide bonds. The van der Waals surface area contributed by atoms with Crippen molar-refractivity contribution in [2.75, 3.05) is 13.1 Å².